The van der Waals surface area contributed by atoms with Gasteiger partial charge in [-0.15, -0.1) is 0 Å². The number of methoxy groups -OCH3 is 3. The second-order valence-corrected chi connectivity index (χ2v) is 16.3. The molecule has 72 heavy (non-hydrogen) atoms. The van der Waals surface area contributed by atoms with Crippen molar-refractivity contribution in [1.29, 1.82) is 0 Å². The molecular weight excluding hydrogens is 937 g/mol. The quantitative estimate of drug-likeness (QED) is 0.00645. The maximum absolute atomic E-state index is 13.5. The highest BCUT2D eigenvalue weighted by molar-refractivity contribution is 6.15. The minimum Gasteiger partial charge on any atom is -0.493 e. The van der Waals surface area contributed by atoms with Crippen LogP contribution in [0.5, 0.6) is 17.2 Å². The van der Waals surface area contributed by atoms with Crippen molar-refractivity contribution in [3.05, 3.63) is 145 Å². The summed E-state index contributed by atoms with van der Waals surface area (Å²) in [5.41, 5.74) is 1.32. The zero-order valence-electron chi connectivity index (χ0n) is 40.7. The topological polar surface area (TPSA) is 245 Å². The van der Waals surface area contributed by atoms with Gasteiger partial charge >= 0.3 is 29.8 Å². The van der Waals surface area contributed by atoms with Gasteiger partial charge in [0.15, 0.2) is 5.75 Å². The molecule has 0 aliphatic rings. The van der Waals surface area contributed by atoms with E-state index in [0.29, 0.717) is 60.5 Å². The van der Waals surface area contributed by atoms with Crippen LogP contribution in [-0.4, -0.2) is 80.8 Å². The minimum atomic E-state index is -0.858. The Balaban J connectivity index is 1.20. The molecule has 0 spiro atoms. The molecular formula is C53H60N2O17. The third-order valence-corrected chi connectivity index (χ3v) is 11.1. The van der Waals surface area contributed by atoms with Gasteiger partial charge in [-0.05, 0) is 91.3 Å². The molecule has 19 heteroatoms. The fraction of sp³-hybridized carbons (Fsp3) is 0.377. The Morgan fingerprint density at radius 2 is 1.14 bits per heavy atom. The van der Waals surface area contributed by atoms with Gasteiger partial charge in [0.2, 0.25) is 5.75 Å². The number of hydrogen-bond acceptors (Lipinski definition) is 17. The van der Waals surface area contributed by atoms with Crippen molar-refractivity contribution in [2.45, 2.75) is 89.9 Å². The highest BCUT2D eigenvalue weighted by Crippen LogP contribution is 2.31. The van der Waals surface area contributed by atoms with Crippen LogP contribution in [-0.2, 0) is 39.8 Å². The minimum absolute atomic E-state index is 0.0848. The molecule has 384 valence electrons. The van der Waals surface area contributed by atoms with Crippen molar-refractivity contribution in [2.24, 2.45) is 0 Å². The van der Waals surface area contributed by atoms with E-state index >= 15 is 0 Å². The van der Waals surface area contributed by atoms with Gasteiger partial charge in [-0.1, -0.05) is 88.6 Å². The average molecular weight is 997 g/mol. The number of rotatable bonds is 32. The van der Waals surface area contributed by atoms with E-state index in [1.807, 2.05) is 0 Å². The Bertz CT molecular complexity index is 2500. The van der Waals surface area contributed by atoms with Crippen molar-refractivity contribution < 1.29 is 72.0 Å². The average Bonchev–Trinajstić information content (AvgIpc) is 3.39. The van der Waals surface area contributed by atoms with Crippen LogP contribution in [0.4, 0.5) is 11.4 Å². The van der Waals surface area contributed by atoms with E-state index in [9.17, 15) is 44.2 Å². The van der Waals surface area contributed by atoms with Gasteiger partial charge in [0.05, 0.1) is 79.3 Å². The third kappa shape index (κ3) is 19.1. The van der Waals surface area contributed by atoms with Gasteiger partial charge in [-0.3, -0.25) is 20.2 Å². The molecule has 19 nitrogen and oxygen atoms in total. The monoisotopic (exact) mass is 996 g/mol. The van der Waals surface area contributed by atoms with E-state index in [1.165, 1.54) is 33.5 Å². The van der Waals surface area contributed by atoms with Crippen LogP contribution >= 0.6 is 0 Å². The summed E-state index contributed by atoms with van der Waals surface area (Å²) in [7, 11) is 4.02. The van der Waals surface area contributed by atoms with Crippen molar-refractivity contribution in [1.82, 2.24) is 0 Å². The molecule has 0 aliphatic carbocycles. The van der Waals surface area contributed by atoms with Crippen LogP contribution in [0, 0.1) is 20.2 Å². The van der Waals surface area contributed by atoms with Gasteiger partial charge in [0.25, 0.3) is 11.4 Å². The van der Waals surface area contributed by atoms with Crippen LogP contribution in [0.25, 0.3) is 11.6 Å². The number of unbranched alkanes of at least 4 members (excludes halogenated alkanes) is 11. The summed E-state index contributed by atoms with van der Waals surface area (Å²) in [5.74, 6) is -2.21. The van der Waals surface area contributed by atoms with Crippen molar-refractivity contribution >= 4 is 52.9 Å². The van der Waals surface area contributed by atoms with Crippen LogP contribution in [0.2, 0.25) is 0 Å². The lowest BCUT2D eigenvalue weighted by molar-refractivity contribution is -0.394. The first-order chi connectivity index (χ1) is 34.7. The van der Waals surface area contributed by atoms with Crippen molar-refractivity contribution in [3.8, 4) is 17.2 Å². The molecule has 0 aliphatic heterocycles. The van der Waals surface area contributed by atoms with Crippen LogP contribution in [0.15, 0.2) is 91.5 Å². The molecule has 0 saturated carbocycles. The number of nitro groups is 2. The second-order valence-electron chi connectivity index (χ2n) is 16.3. The van der Waals surface area contributed by atoms with Gasteiger partial charge in [0, 0.05) is 18.2 Å². The van der Waals surface area contributed by atoms with Gasteiger partial charge in [0.1, 0.15) is 5.75 Å². The summed E-state index contributed by atoms with van der Waals surface area (Å²) in [6.07, 6.45) is 14.1. The predicted molar refractivity (Wildman–Crippen MR) is 264 cm³/mol. The van der Waals surface area contributed by atoms with Crippen LogP contribution < -0.4 is 14.4 Å². The summed E-state index contributed by atoms with van der Waals surface area (Å²) in [5, 5.41) is 22.2. The number of carbonyl (C=O) groups is 5. The van der Waals surface area contributed by atoms with Gasteiger partial charge in [-0.2, -0.15) is 4.89 Å². The molecule has 0 saturated heterocycles. The second kappa shape index (κ2) is 30.6. The molecule has 0 fully saturated rings. The van der Waals surface area contributed by atoms with E-state index in [4.69, 9.17) is 33.5 Å². The number of nitrogens with zero attached hydrogens (tertiary/aromatic N) is 2. The molecule has 0 aromatic heterocycles. The van der Waals surface area contributed by atoms with E-state index in [2.05, 4.69) is 11.3 Å². The standard InChI is InChI=1S/C53H60N2O17/c1-37(50(57)67-4)41-25-27-47(48(34-41)65-2)72-70-31-17-13-10-14-18-39-24-26-45(71-52(59)40-22-19-38(20-23-40)21-28-49(56)66-3)36-46(39)53(60)69-30-16-12-9-7-5-6-8-11-15-29-68-51(58)42-32-43(54(61)62)35-44(33-42)55(63)64/h19-28,32-36H,1,5-18,29-31H2,2-4H3. The first-order valence-corrected chi connectivity index (χ1v) is 23.5. The highest BCUT2D eigenvalue weighted by atomic mass is 17.2. The van der Waals surface area contributed by atoms with E-state index < -0.39 is 51.1 Å². The number of hydrogen-bond donors (Lipinski definition) is 0. The smallest absolute Gasteiger partial charge is 0.343 e. The lowest BCUT2D eigenvalue weighted by atomic mass is 10.0. The summed E-state index contributed by atoms with van der Waals surface area (Å²) >= 11 is 0. The molecule has 0 unspecified atom stereocenters. The number of nitro benzene ring substituents is 2. The molecule has 0 atom stereocenters. The largest absolute Gasteiger partial charge is 0.493 e. The van der Waals surface area contributed by atoms with Gasteiger partial charge in [-0.25, -0.2) is 24.0 Å². The van der Waals surface area contributed by atoms with Crippen LogP contribution in [0.3, 0.4) is 0 Å². The molecule has 4 aromatic rings. The maximum atomic E-state index is 13.5. The van der Waals surface area contributed by atoms with E-state index in [1.54, 1.807) is 60.7 Å². The Morgan fingerprint density at radius 3 is 1.72 bits per heavy atom. The van der Waals surface area contributed by atoms with E-state index in [0.717, 1.165) is 88.0 Å². The number of carbonyl (C=O) groups excluding carboxylic acids is 5. The Kier molecular flexibility index (Phi) is 24.1. The summed E-state index contributed by atoms with van der Waals surface area (Å²) in [6.45, 7) is 4.35. The number of esters is 5. The van der Waals surface area contributed by atoms with E-state index in [-0.39, 0.29) is 35.7 Å². The lowest BCUT2D eigenvalue weighted by Gasteiger charge is -2.13. The Hall–Kier alpha value is -7.93. The number of benzene rings is 4. The fourth-order valence-electron chi connectivity index (χ4n) is 7.11. The fourth-order valence-corrected chi connectivity index (χ4v) is 7.11. The zero-order chi connectivity index (χ0) is 52.3. The SMILES string of the molecule is C=C(C(=O)OC)c1ccc(OOCCCCCCc2ccc(OC(=O)c3ccc(C=CC(=O)OC)cc3)cc2C(=O)OCCCCCCCCCCCOC(=O)c2cc([N+](=O)[O-])cc([N+](=O)[O-])c2)c(OC)c1. The van der Waals surface area contributed by atoms with Crippen molar-refractivity contribution in [2.75, 3.05) is 41.2 Å². The first-order valence-electron chi connectivity index (χ1n) is 23.5. The third-order valence-electron chi connectivity index (χ3n) is 11.1. The predicted octanol–water partition coefficient (Wildman–Crippen LogP) is 10.7. The molecule has 0 bridgehead atoms. The molecule has 0 N–H and O–H groups in total. The van der Waals surface area contributed by atoms with Crippen LogP contribution in [0.1, 0.15) is 131 Å². The molecule has 0 amide bonds. The summed E-state index contributed by atoms with van der Waals surface area (Å²) in [6, 6.07) is 18.9. The Morgan fingerprint density at radius 1 is 0.569 bits per heavy atom. The number of non-ortho nitro benzene ring substituents is 2. The van der Waals surface area contributed by atoms with Gasteiger partial charge < -0.3 is 33.3 Å². The molecule has 0 radical (unpaired) electrons. The number of aryl methyl sites for hydroxylation is 1. The zero-order valence-corrected chi connectivity index (χ0v) is 40.7. The highest BCUT2D eigenvalue weighted by Gasteiger charge is 2.21. The maximum Gasteiger partial charge on any atom is 0.343 e. The lowest BCUT2D eigenvalue weighted by Crippen LogP contribution is -2.12. The first kappa shape index (κ1) is 56.7. The summed E-state index contributed by atoms with van der Waals surface area (Å²) in [4.78, 5) is 93.8. The Labute approximate surface area is 417 Å². The molecule has 4 aromatic carbocycles. The molecule has 4 rings (SSSR count). The van der Waals surface area contributed by atoms with Crippen molar-refractivity contribution in [3.63, 3.8) is 0 Å². The summed E-state index contributed by atoms with van der Waals surface area (Å²) < 4.78 is 31.3. The molecule has 0 heterocycles. The number of ether oxygens (including phenoxy) is 6. The normalized spacial score (nSPS) is 10.8.